The Morgan fingerprint density at radius 3 is 2.77 bits per heavy atom. The summed E-state index contributed by atoms with van der Waals surface area (Å²) in [6.45, 7) is 3.74. The standard InChI is InChI=1S/C22H30N4O4S/c23-20(28)16(27)11-13-1-6-17-18(13)19-21(24-12-25-22(19)31-17)30-15-4-2-14(3-5-15)26-7-9-29-10-8-26/h12-16,27H,1-11H2,(H2,23,28)/t13-,14-,15+,16?/m1/s1. The average Bonchev–Trinajstić information content (AvgIpc) is 3.35. The van der Waals surface area contributed by atoms with E-state index in [9.17, 15) is 9.90 Å². The molecule has 9 heteroatoms. The number of nitrogens with two attached hydrogens (primary N) is 1. The van der Waals surface area contributed by atoms with Gasteiger partial charge < -0.3 is 20.3 Å². The molecule has 2 fully saturated rings. The molecule has 0 spiro atoms. The topological polar surface area (TPSA) is 111 Å². The van der Waals surface area contributed by atoms with Crippen LogP contribution in [0.25, 0.3) is 10.2 Å². The molecular weight excluding hydrogens is 416 g/mol. The van der Waals surface area contributed by atoms with Gasteiger partial charge in [-0.3, -0.25) is 9.69 Å². The quantitative estimate of drug-likeness (QED) is 0.698. The van der Waals surface area contributed by atoms with Crippen molar-refractivity contribution in [2.75, 3.05) is 26.3 Å². The molecule has 2 aromatic rings. The molecule has 1 saturated carbocycles. The predicted molar refractivity (Wildman–Crippen MR) is 117 cm³/mol. The maximum Gasteiger partial charge on any atom is 0.246 e. The summed E-state index contributed by atoms with van der Waals surface area (Å²) in [5.41, 5.74) is 6.45. The Morgan fingerprint density at radius 2 is 2.03 bits per heavy atom. The molecule has 168 valence electrons. The zero-order valence-electron chi connectivity index (χ0n) is 17.7. The lowest BCUT2D eigenvalue weighted by Crippen LogP contribution is -2.46. The number of aliphatic hydroxyl groups excluding tert-OH is 1. The van der Waals surface area contributed by atoms with Crippen molar-refractivity contribution >= 4 is 27.5 Å². The fourth-order valence-electron chi connectivity index (χ4n) is 5.38. The van der Waals surface area contributed by atoms with E-state index >= 15 is 0 Å². The minimum absolute atomic E-state index is 0.0802. The van der Waals surface area contributed by atoms with Crippen molar-refractivity contribution in [1.82, 2.24) is 14.9 Å². The molecular formula is C22H30N4O4S. The van der Waals surface area contributed by atoms with Crippen LogP contribution < -0.4 is 10.5 Å². The lowest BCUT2D eigenvalue weighted by Gasteiger charge is -2.38. The normalized spacial score (nSPS) is 27.8. The van der Waals surface area contributed by atoms with Crippen LogP contribution in [0.5, 0.6) is 5.88 Å². The number of nitrogens with zero attached hydrogens (tertiary/aromatic N) is 3. The average molecular weight is 447 g/mol. The van der Waals surface area contributed by atoms with E-state index in [2.05, 4.69) is 14.9 Å². The van der Waals surface area contributed by atoms with Crippen molar-refractivity contribution in [3.05, 3.63) is 16.8 Å². The number of thiophene rings is 1. The molecule has 1 amide bonds. The van der Waals surface area contributed by atoms with E-state index < -0.39 is 12.0 Å². The van der Waals surface area contributed by atoms with E-state index in [1.54, 1.807) is 17.7 Å². The molecule has 1 saturated heterocycles. The van der Waals surface area contributed by atoms with E-state index in [0.29, 0.717) is 18.3 Å². The fraction of sp³-hybridized carbons (Fsp3) is 0.682. The maximum absolute atomic E-state index is 11.4. The monoisotopic (exact) mass is 446 g/mol. The second-order valence-corrected chi connectivity index (χ2v) is 9.97. The first-order chi connectivity index (χ1) is 15.1. The van der Waals surface area contributed by atoms with Gasteiger partial charge in [0.2, 0.25) is 11.8 Å². The lowest BCUT2D eigenvalue weighted by molar-refractivity contribution is -0.126. The summed E-state index contributed by atoms with van der Waals surface area (Å²) in [6, 6.07) is 0.624. The van der Waals surface area contributed by atoms with Gasteiger partial charge in [0.25, 0.3) is 0 Å². The van der Waals surface area contributed by atoms with Gasteiger partial charge in [0.1, 0.15) is 23.4 Å². The molecule has 3 heterocycles. The number of carbonyl (C=O) groups is 1. The number of hydrogen-bond donors (Lipinski definition) is 2. The lowest BCUT2D eigenvalue weighted by atomic mass is 9.91. The summed E-state index contributed by atoms with van der Waals surface area (Å²) in [5.74, 6) is 0.0622. The van der Waals surface area contributed by atoms with Gasteiger partial charge in [-0.1, -0.05) is 0 Å². The molecule has 2 atom stereocenters. The Labute approximate surface area is 185 Å². The minimum atomic E-state index is -1.13. The largest absolute Gasteiger partial charge is 0.474 e. The van der Waals surface area contributed by atoms with Gasteiger partial charge in [0.15, 0.2) is 0 Å². The Morgan fingerprint density at radius 1 is 1.26 bits per heavy atom. The summed E-state index contributed by atoms with van der Waals surface area (Å²) in [5, 5.41) is 11.0. The van der Waals surface area contributed by atoms with Gasteiger partial charge in [-0.25, -0.2) is 9.97 Å². The molecule has 31 heavy (non-hydrogen) atoms. The third-order valence-corrected chi connectivity index (χ3v) is 8.19. The highest BCUT2D eigenvalue weighted by Gasteiger charge is 2.34. The number of morpholine rings is 1. The molecule has 3 N–H and O–H groups in total. The van der Waals surface area contributed by atoms with Gasteiger partial charge in [0.05, 0.1) is 18.6 Å². The third kappa shape index (κ3) is 4.28. The minimum Gasteiger partial charge on any atom is -0.474 e. The summed E-state index contributed by atoms with van der Waals surface area (Å²) in [4.78, 5) is 25.1. The molecule has 0 radical (unpaired) electrons. The number of fused-ring (bicyclic) bond motifs is 3. The van der Waals surface area contributed by atoms with Crippen LogP contribution in [-0.4, -0.2) is 70.4 Å². The number of aliphatic hydroxyl groups is 1. The summed E-state index contributed by atoms with van der Waals surface area (Å²) >= 11 is 1.67. The summed E-state index contributed by atoms with van der Waals surface area (Å²) < 4.78 is 11.9. The van der Waals surface area contributed by atoms with Gasteiger partial charge in [-0.15, -0.1) is 11.3 Å². The van der Waals surface area contributed by atoms with Crippen LogP contribution in [0.15, 0.2) is 6.33 Å². The van der Waals surface area contributed by atoms with Crippen molar-refractivity contribution in [3.8, 4) is 5.88 Å². The predicted octanol–water partition coefficient (Wildman–Crippen LogP) is 1.98. The first-order valence-electron chi connectivity index (χ1n) is 11.3. The van der Waals surface area contributed by atoms with Crippen LogP contribution in [-0.2, 0) is 16.0 Å². The zero-order chi connectivity index (χ0) is 21.4. The highest BCUT2D eigenvalue weighted by atomic mass is 32.1. The SMILES string of the molecule is NC(=O)C(O)C[C@H]1CCc2sc3ncnc(O[C@H]4CC[C@@H](N5CCOCC5)CC4)c3c21. The first-order valence-corrected chi connectivity index (χ1v) is 12.1. The van der Waals surface area contributed by atoms with Crippen molar-refractivity contribution in [3.63, 3.8) is 0 Å². The van der Waals surface area contributed by atoms with Crippen LogP contribution in [0.3, 0.4) is 0 Å². The number of amides is 1. The van der Waals surface area contributed by atoms with Gasteiger partial charge in [-0.2, -0.15) is 0 Å². The van der Waals surface area contributed by atoms with Gasteiger partial charge in [0, 0.05) is 24.0 Å². The van der Waals surface area contributed by atoms with E-state index in [-0.39, 0.29) is 12.0 Å². The number of hydrogen-bond acceptors (Lipinski definition) is 8. The van der Waals surface area contributed by atoms with Crippen LogP contribution in [0.1, 0.15) is 54.9 Å². The molecule has 0 bridgehead atoms. The van der Waals surface area contributed by atoms with E-state index in [4.69, 9.17) is 15.2 Å². The molecule has 3 aliphatic rings. The second kappa shape index (κ2) is 8.97. The Hall–Kier alpha value is -1.81. The number of aromatic nitrogens is 2. The molecule has 1 unspecified atom stereocenters. The highest BCUT2D eigenvalue weighted by molar-refractivity contribution is 7.19. The molecule has 5 rings (SSSR count). The number of aryl methyl sites for hydroxylation is 1. The van der Waals surface area contributed by atoms with Crippen molar-refractivity contribution in [2.45, 2.75) is 69.1 Å². The summed E-state index contributed by atoms with van der Waals surface area (Å²) in [6.07, 6.45) is 7.08. The molecule has 2 aliphatic carbocycles. The number of ether oxygens (including phenoxy) is 2. The second-order valence-electron chi connectivity index (χ2n) is 8.88. The number of primary amides is 1. The highest BCUT2D eigenvalue weighted by Crippen LogP contribution is 2.47. The van der Waals surface area contributed by atoms with Crippen molar-refractivity contribution in [1.29, 1.82) is 0 Å². The van der Waals surface area contributed by atoms with Crippen LogP contribution in [0.2, 0.25) is 0 Å². The molecule has 2 aromatic heterocycles. The van der Waals surface area contributed by atoms with E-state index in [1.807, 2.05) is 0 Å². The number of carbonyl (C=O) groups excluding carboxylic acids is 1. The van der Waals surface area contributed by atoms with Crippen molar-refractivity contribution in [2.24, 2.45) is 5.73 Å². The third-order valence-electron chi connectivity index (χ3n) is 7.02. The van der Waals surface area contributed by atoms with Gasteiger partial charge in [-0.05, 0) is 56.4 Å². The van der Waals surface area contributed by atoms with Crippen LogP contribution in [0, 0.1) is 0 Å². The first kappa shape index (κ1) is 21.1. The smallest absolute Gasteiger partial charge is 0.246 e. The zero-order valence-corrected chi connectivity index (χ0v) is 18.5. The molecule has 8 nitrogen and oxygen atoms in total. The van der Waals surface area contributed by atoms with Gasteiger partial charge >= 0.3 is 0 Å². The van der Waals surface area contributed by atoms with Crippen molar-refractivity contribution < 1.29 is 19.4 Å². The fourth-order valence-corrected chi connectivity index (χ4v) is 6.61. The number of rotatable bonds is 6. The van der Waals surface area contributed by atoms with Crippen LogP contribution in [0.4, 0.5) is 0 Å². The molecule has 1 aliphatic heterocycles. The Bertz CT molecular complexity index is 937. The van der Waals surface area contributed by atoms with E-state index in [0.717, 1.165) is 80.6 Å². The Kier molecular flexibility index (Phi) is 6.10. The maximum atomic E-state index is 11.4. The molecule has 0 aromatic carbocycles. The van der Waals surface area contributed by atoms with Crippen LogP contribution >= 0.6 is 11.3 Å². The summed E-state index contributed by atoms with van der Waals surface area (Å²) in [7, 11) is 0. The Balaban J connectivity index is 1.31. The van der Waals surface area contributed by atoms with E-state index in [1.165, 1.54) is 4.88 Å².